The fraction of sp³-hybridized carbons (Fsp3) is 0.625. The Labute approximate surface area is 122 Å². The highest BCUT2D eigenvalue weighted by Gasteiger charge is 2.02. The number of aliphatic hydroxyl groups excluding tert-OH is 1. The first-order chi connectivity index (χ1) is 9.77. The Morgan fingerprint density at radius 3 is 2.60 bits per heavy atom. The van der Waals surface area contributed by atoms with Crippen molar-refractivity contribution in [3.8, 4) is 5.75 Å². The lowest BCUT2D eigenvalue weighted by atomic mass is 10.2. The minimum atomic E-state index is 0.304. The van der Waals surface area contributed by atoms with E-state index in [0.717, 1.165) is 56.7 Å². The van der Waals surface area contributed by atoms with Gasteiger partial charge in [0.15, 0.2) is 0 Å². The van der Waals surface area contributed by atoms with E-state index < -0.39 is 0 Å². The summed E-state index contributed by atoms with van der Waals surface area (Å²) >= 11 is 0. The maximum absolute atomic E-state index is 8.72. The van der Waals surface area contributed by atoms with Crippen molar-refractivity contribution >= 4 is 0 Å². The second-order valence-electron chi connectivity index (χ2n) is 5.10. The molecule has 20 heavy (non-hydrogen) atoms. The van der Waals surface area contributed by atoms with Crippen LogP contribution in [0.15, 0.2) is 24.3 Å². The van der Waals surface area contributed by atoms with E-state index in [4.69, 9.17) is 15.6 Å². The van der Waals surface area contributed by atoms with E-state index in [9.17, 15) is 0 Å². The van der Waals surface area contributed by atoms with E-state index >= 15 is 0 Å². The van der Waals surface area contributed by atoms with Crippen LogP contribution in [0.4, 0.5) is 0 Å². The highest BCUT2D eigenvalue weighted by molar-refractivity contribution is 5.32. The van der Waals surface area contributed by atoms with Crippen LogP contribution < -0.4 is 10.5 Å². The zero-order valence-electron chi connectivity index (χ0n) is 12.6. The molecule has 0 aliphatic carbocycles. The predicted molar refractivity (Wildman–Crippen MR) is 82.9 cm³/mol. The van der Waals surface area contributed by atoms with Gasteiger partial charge in [-0.25, -0.2) is 0 Å². The summed E-state index contributed by atoms with van der Waals surface area (Å²) < 4.78 is 5.78. The van der Waals surface area contributed by atoms with Gasteiger partial charge < -0.3 is 20.5 Å². The summed E-state index contributed by atoms with van der Waals surface area (Å²) in [5.74, 6) is 0.903. The number of unbranched alkanes of at least 4 members (excludes halogenated alkanes) is 2. The van der Waals surface area contributed by atoms with E-state index in [0.29, 0.717) is 13.2 Å². The van der Waals surface area contributed by atoms with Crippen molar-refractivity contribution in [1.82, 2.24) is 4.90 Å². The fourth-order valence-corrected chi connectivity index (χ4v) is 2.11. The van der Waals surface area contributed by atoms with E-state index in [1.165, 1.54) is 0 Å². The number of rotatable bonds is 11. The van der Waals surface area contributed by atoms with Gasteiger partial charge in [0.2, 0.25) is 0 Å². The molecule has 1 aromatic carbocycles. The summed E-state index contributed by atoms with van der Waals surface area (Å²) in [6.07, 6.45) is 4.16. The molecule has 0 aromatic heterocycles. The highest BCUT2D eigenvalue weighted by atomic mass is 16.5. The molecule has 0 unspecified atom stereocenters. The summed E-state index contributed by atoms with van der Waals surface area (Å²) in [7, 11) is 2.13. The molecule has 0 aliphatic rings. The van der Waals surface area contributed by atoms with Crippen molar-refractivity contribution in [3.63, 3.8) is 0 Å². The fourth-order valence-electron chi connectivity index (χ4n) is 2.11. The van der Waals surface area contributed by atoms with Crippen molar-refractivity contribution in [2.24, 2.45) is 5.73 Å². The Hall–Kier alpha value is -1.10. The highest BCUT2D eigenvalue weighted by Crippen LogP contribution is 2.17. The molecule has 1 rings (SSSR count). The number of nitrogens with two attached hydrogens (primary N) is 1. The number of nitrogens with zero attached hydrogens (tertiary/aromatic N) is 1. The third-order valence-corrected chi connectivity index (χ3v) is 3.33. The first-order valence-electron chi connectivity index (χ1n) is 7.48. The number of hydrogen-bond donors (Lipinski definition) is 2. The van der Waals surface area contributed by atoms with Gasteiger partial charge in [0.05, 0.1) is 6.61 Å². The lowest BCUT2D eigenvalue weighted by molar-refractivity contribution is 0.251. The van der Waals surface area contributed by atoms with Crippen LogP contribution in [-0.2, 0) is 6.54 Å². The smallest absolute Gasteiger partial charge is 0.123 e. The maximum atomic E-state index is 8.72. The van der Waals surface area contributed by atoms with Gasteiger partial charge in [-0.1, -0.05) is 18.2 Å². The SMILES string of the molecule is CN(CCCCCO)CCCOc1ccccc1CN. The van der Waals surface area contributed by atoms with Gasteiger partial charge in [0.1, 0.15) is 5.75 Å². The van der Waals surface area contributed by atoms with Crippen LogP contribution in [-0.4, -0.2) is 43.4 Å². The van der Waals surface area contributed by atoms with Gasteiger partial charge in [-0.2, -0.15) is 0 Å². The van der Waals surface area contributed by atoms with E-state index in [1.807, 2.05) is 24.3 Å². The number of benzene rings is 1. The largest absolute Gasteiger partial charge is 0.493 e. The quantitative estimate of drug-likeness (QED) is 0.609. The number of hydrogen-bond acceptors (Lipinski definition) is 4. The number of para-hydroxylation sites is 1. The van der Waals surface area contributed by atoms with Gasteiger partial charge in [-0.3, -0.25) is 0 Å². The molecule has 114 valence electrons. The topological polar surface area (TPSA) is 58.7 Å². The molecule has 0 saturated carbocycles. The van der Waals surface area contributed by atoms with Crippen molar-refractivity contribution < 1.29 is 9.84 Å². The third kappa shape index (κ3) is 6.89. The van der Waals surface area contributed by atoms with Crippen LogP contribution in [0.1, 0.15) is 31.2 Å². The van der Waals surface area contributed by atoms with Crippen LogP contribution in [0.5, 0.6) is 5.75 Å². The zero-order valence-corrected chi connectivity index (χ0v) is 12.6. The Bertz CT molecular complexity index is 358. The average Bonchev–Trinajstić information content (AvgIpc) is 2.48. The van der Waals surface area contributed by atoms with Crippen molar-refractivity contribution in [2.75, 3.05) is 33.4 Å². The Morgan fingerprint density at radius 1 is 1.10 bits per heavy atom. The van der Waals surface area contributed by atoms with Crippen LogP contribution in [0.2, 0.25) is 0 Å². The molecule has 4 nitrogen and oxygen atoms in total. The molecule has 4 heteroatoms. The second kappa shape index (κ2) is 10.7. The van der Waals surface area contributed by atoms with Crippen LogP contribution in [0.25, 0.3) is 0 Å². The molecule has 0 heterocycles. The first kappa shape index (κ1) is 17.0. The molecular weight excluding hydrogens is 252 g/mol. The molecule has 0 spiro atoms. The molecule has 0 saturated heterocycles. The standard InChI is InChI=1S/C16H28N2O2/c1-18(10-5-2-6-12-19)11-7-13-20-16-9-4-3-8-15(16)14-17/h3-4,8-9,19H,2,5-7,10-14,17H2,1H3. The monoisotopic (exact) mass is 280 g/mol. The van der Waals surface area contributed by atoms with Gasteiger partial charge in [-0.15, -0.1) is 0 Å². The number of ether oxygens (including phenoxy) is 1. The minimum absolute atomic E-state index is 0.304. The summed E-state index contributed by atoms with van der Waals surface area (Å²) in [4.78, 5) is 2.32. The van der Waals surface area contributed by atoms with Crippen molar-refractivity contribution in [1.29, 1.82) is 0 Å². The molecule has 0 amide bonds. The Balaban J connectivity index is 2.12. The van der Waals surface area contributed by atoms with Gasteiger partial charge in [0.25, 0.3) is 0 Å². The first-order valence-corrected chi connectivity index (χ1v) is 7.48. The second-order valence-corrected chi connectivity index (χ2v) is 5.10. The molecule has 0 bridgehead atoms. The molecule has 0 atom stereocenters. The van der Waals surface area contributed by atoms with Crippen molar-refractivity contribution in [3.05, 3.63) is 29.8 Å². The lowest BCUT2D eigenvalue weighted by Gasteiger charge is -2.17. The van der Waals surface area contributed by atoms with Crippen LogP contribution in [0.3, 0.4) is 0 Å². The summed E-state index contributed by atoms with van der Waals surface area (Å²) in [6, 6.07) is 7.93. The normalized spacial score (nSPS) is 11.0. The third-order valence-electron chi connectivity index (χ3n) is 3.33. The van der Waals surface area contributed by atoms with Gasteiger partial charge in [0, 0.05) is 25.3 Å². The van der Waals surface area contributed by atoms with Gasteiger partial charge in [-0.05, 0) is 45.3 Å². The average molecular weight is 280 g/mol. The molecule has 0 aliphatic heterocycles. The van der Waals surface area contributed by atoms with Crippen LogP contribution >= 0.6 is 0 Å². The molecule has 3 N–H and O–H groups in total. The van der Waals surface area contributed by atoms with Crippen molar-refractivity contribution in [2.45, 2.75) is 32.2 Å². The zero-order chi connectivity index (χ0) is 14.6. The summed E-state index contributed by atoms with van der Waals surface area (Å²) in [5.41, 5.74) is 6.74. The summed E-state index contributed by atoms with van der Waals surface area (Å²) in [5, 5.41) is 8.72. The Kier molecular flexibility index (Phi) is 9.04. The van der Waals surface area contributed by atoms with E-state index in [2.05, 4.69) is 11.9 Å². The molecular formula is C16H28N2O2. The minimum Gasteiger partial charge on any atom is -0.493 e. The number of aliphatic hydroxyl groups is 1. The maximum Gasteiger partial charge on any atom is 0.123 e. The summed E-state index contributed by atoms with van der Waals surface area (Å²) in [6.45, 7) is 3.65. The molecule has 0 radical (unpaired) electrons. The van der Waals surface area contributed by atoms with E-state index in [-0.39, 0.29) is 0 Å². The predicted octanol–water partition coefficient (Wildman–Crippen LogP) is 2.01. The molecule has 1 aromatic rings. The van der Waals surface area contributed by atoms with E-state index in [1.54, 1.807) is 0 Å². The molecule has 0 fully saturated rings. The Morgan fingerprint density at radius 2 is 1.85 bits per heavy atom. The van der Waals surface area contributed by atoms with Gasteiger partial charge >= 0.3 is 0 Å². The van der Waals surface area contributed by atoms with Crippen LogP contribution in [0, 0.1) is 0 Å². The lowest BCUT2D eigenvalue weighted by Crippen LogP contribution is -2.22.